The average Bonchev–Trinajstić information content (AvgIpc) is 2.89. The minimum absolute atomic E-state index is 0.0497. The van der Waals surface area contributed by atoms with E-state index in [2.05, 4.69) is 11.1 Å². The molecule has 0 aliphatic carbocycles. The van der Waals surface area contributed by atoms with E-state index in [1.807, 2.05) is 43.3 Å². The van der Waals surface area contributed by atoms with Gasteiger partial charge in [-0.1, -0.05) is 42.5 Å². The highest BCUT2D eigenvalue weighted by Gasteiger charge is 2.19. The van der Waals surface area contributed by atoms with Crippen LogP contribution < -0.4 is 5.73 Å². The minimum atomic E-state index is -0.0497. The molecule has 0 spiro atoms. The second-order valence-electron chi connectivity index (χ2n) is 5.58. The van der Waals surface area contributed by atoms with E-state index >= 15 is 0 Å². The first-order chi connectivity index (χ1) is 11.1. The van der Waals surface area contributed by atoms with E-state index < -0.39 is 0 Å². The fraction of sp³-hybridized carbons (Fsp3) is 0.0526. The summed E-state index contributed by atoms with van der Waals surface area (Å²) in [6, 6.07) is 17.4. The Morgan fingerprint density at radius 3 is 2.65 bits per heavy atom. The SMILES string of the molecule is Cc1ccc2cc3c(N)c(C(=O)c4ccccc4)sc3nc2c1. The molecule has 0 unspecified atom stereocenters. The number of hydrogen-bond donors (Lipinski definition) is 1. The number of nitrogens with two attached hydrogens (primary N) is 1. The van der Waals surface area contributed by atoms with Crippen LogP contribution in [0.5, 0.6) is 0 Å². The molecule has 112 valence electrons. The summed E-state index contributed by atoms with van der Waals surface area (Å²) in [5.74, 6) is -0.0497. The Kier molecular flexibility index (Phi) is 3.13. The van der Waals surface area contributed by atoms with Gasteiger partial charge in [-0.25, -0.2) is 4.98 Å². The summed E-state index contributed by atoms with van der Waals surface area (Å²) in [6.45, 7) is 2.04. The molecule has 0 bridgehead atoms. The topological polar surface area (TPSA) is 56.0 Å². The van der Waals surface area contributed by atoms with Crippen LogP contribution in [0.1, 0.15) is 20.8 Å². The number of carbonyl (C=O) groups is 1. The zero-order valence-electron chi connectivity index (χ0n) is 12.5. The molecule has 0 saturated carbocycles. The number of aromatic nitrogens is 1. The second-order valence-corrected chi connectivity index (χ2v) is 6.58. The molecule has 0 aliphatic rings. The van der Waals surface area contributed by atoms with Crippen LogP contribution in [0.15, 0.2) is 54.6 Å². The van der Waals surface area contributed by atoms with Gasteiger partial charge in [-0.15, -0.1) is 11.3 Å². The van der Waals surface area contributed by atoms with Crippen molar-refractivity contribution >= 4 is 43.9 Å². The molecule has 0 aliphatic heterocycles. The molecule has 2 aromatic heterocycles. The fourth-order valence-corrected chi connectivity index (χ4v) is 3.74. The maximum absolute atomic E-state index is 12.7. The van der Waals surface area contributed by atoms with Crippen LogP contribution in [-0.2, 0) is 0 Å². The van der Waals surface area contributed by atoms with Crippen LogP contribution in [0, 0.1) is 6.92 Å². The Morgan fingerprint density at radius 1 is 1.09 bits per heavy atom. The summed E-state index contributed by atoms with van der Waals surface area (Å²) < 4.78 is 0. The Balaban J connectivity index is 1.93. The zero-order chi connectivity index (χ0) is 16.0. The number of rotatable bonds is 2. The van der Waals surface area contributed by atoms with Crippen molar-refractivity contribution in [2.45, 2.75) is 6.92 Å². The van der Waals surface area contributed by atoms with Crippen molar-refractivity contribution in [1.82, 2.24) is 4.98 Å². The molecule has 0 fully saturated rings. The smallest absolute Gasteiger partial charge is 0.205 e. The summed E-state index contributed by atoms with van der Waals surface area (Å²) in [4.78, 5) is 18.7. The van der Waals surface area contributed by atoms with E-state index in [0.29, 0.717) is 16.1 Å². The lowest BCUT2D eigenvalue weighted by molar-refractivity contribution is 0.104. The van der Waals surface area contributed by atoms with Crippen molar-refractivity contribution in [1.29, 1.82) is 0 Å². The summed E-state index contributed by atoms with van der Waals surface area (Å²) >= 11 is 1.36. The van der Waals surface area contributed by atoms with E-state index in [1.165, 1.54) is 11.3 Å². The third kappa shape index (κ3) is 2.28. The lowest BCUT2D eigenvalue weighted by Crippen LogP contribution is -2.01. The molecule has 2 heterocycles. The molecule has 4 aromatic rings. The van der Waals surface area contributed by atoms with Crippen molar-refractivity contribution in [3.8, 4) is 0 Å². The zero-order valence-corrected chi connectivity index (χ0v) is 13.4. The van der Waals surface area contributed by atoms with Gasteiger partial charge in [-0.3, -0.25) is 4.79 Å². The number of aryl methyl sites for hydroxylation is 1. The van der Waals surface area contributed by atoms with Crippen molar-refractivity contribution in [3.63, 3.8) is 0 Å². The van der Waals surface area contributed by atoms with E-state index in [1.54, 1.807) is 12.1 Å². The molecule has 0 atom stereocenters. The summed E-state index contributed by atoms with van der Waals surface area (Å²) in [5.41, 5.74) is 9.50. The number of pyridine rings is 1. The number of nitrogens with zero attached hydrogens (tertiary/aromatic N) is 1. The quantitative estimate of drug-likeness (QED) is 0.551. The van der Waals surface area contributed by atoms with Crippen LogP contribution in [-0.4, -0.2) is 10.8 Å². The van der Waals surface area contributed by atoms with Gasteiger partial charge in [0, 0.05) is 16.3 Å². The van der Waals surface area contributed by atoms with Gasteiger partial charge < -0.3 is 5.73 Å². The number of fused-ring (bicyclic) bond motifs is 2. The van der Waals surface area contributed by atoms with Gasteiger partial charge in [0.15, 0.2) is 0 Å². The molecular formula is C19H14N2OS. The van der Waals surface area contributed by atoms with Crippen LogP contribution >= 0.6 is 11.3 Å². The number of anilines is 1. The van der Waals surface area contributed by atoms with Crippen LogP contribution in [0.4, 0.5) is 5.69 Å². The van der Waals surface area contributed by atoms with Crippen molar-refractivity contribution < 1.29 is 4.79 Å². The summed E-state index contributed by atoms with van der Waals surface area (Å²) in [7, 11) is 0. The predicted octanol–water partition coefficient (Wildman–Crippen LogP) is 4.57. The van der Waals surface area contributed by atoms with Gasteiger partial charge in [-0.2, -0.15) is 0 Å². The van der Waals surface area contributed by atoms with E-state index in [9.17, 15) is 4.79 Å². The lowest BCUT2D eigenvalue weighted by atomic mass is 10.1. The summed E-state index contributed by atoms with van der Waals surface area (Å²) in [5, 5.41) is 1.89. The molecule has 0 amide bonds. The van der Waals surface area contributed by atoms with Gasteiger partial charge in [-0.05, 0) is 24.6 Å². The van der Waals surface area contributed by atoms with Crippen molar-refractivity contribution in [3.05, 3.63) is 70.6 Å². The molecule has 2 N–H and O–H groups in total. The monoisotopic (exact) mass is 318 g/mol. The average molecular weight is 318 g/mol. The highest BCUT2D eigenvalue weighted by molar-refractivity contribution is 7.21. The largest absolute Gasteiger partial charge is 0.397 e. The fourth-order valence-electron chi connectivity index (χ4n) is 2.69. The minimum Gasteiger partial charge on any atom is -0.397 e. The first-order valence-electron chi connectivity index (χ1n) is 7.32. The van der Waals surface area contributed by atoms with Gasteiger partial charge in [0.2, 0.25) is 5.78 Å². The van der Waals surface area contributed by atoms with E-state index in [4.69, 9.17) is 5.73 Å². The Labute approximate surface area is 137 Å². The number of nitrogen functional groups attached to an aromatic ring is 1. The van der Waals surface area contributed by atoms with Crippen molar-refractivity contribution in [2.24, 2.45) is 0 Å². The van der Waals surface area contributed by atoms with Crippen LogP contribution in [0.2, 0.25) is 0 Å². The van der Waals surface area contributed by atoms with Crippen LogP contribution in [0.25, 0.3) is 21.1 Å². The molecule has 0 saturated heterocycles. The number of carbonyl (C=O) groups excluding carboxylic acids is 1. The highest BCUT2D eigenvalue weighted by atomic mass is 32.1. The van der Waals surface area contributed by atoms with Crippen molar-refractivity contribution in [2.75, 3.05) is 5.73 Å². The van der Waals surface area contributed by atoms with Gasteiger partial charge in [0.25, 0.3) is 0 Å². The third-order valence-corrected chi connectivity index (χ3v) is 5.03. The Bertz CT molecular complexity index is 1050. The summed E-state index contributed by atoms with van der Waals surface area (Å²) in [6.07, 6.45) is 0. The van der Waals surface area contributed by atoms with Gasteiger partial charge in [0.1, 0.15) is 9.71 Å². The highest BCUT2D eigenvalue weighted by Crippen LogP contribution is 2.35. The normalized spacial score (nSPS) is 11.2. The maximum Gasteiger partial charge on any atom is 0.205 e. The number of benzene rings is 2. The standard InChI is InChI=1S/C19H14N2OS/c1-11-7-8-13-10-14-16(20)18(23-19(14)21-15(13)9-11)17(22)12-5-3-2-4-6-12/h2-10H,20H2,1H3. The van der Waals surface area contributed by atoms with Gasteiger partial charge in [0.05, 0.1) is 11.2 Å². The van der Waals surface area contributed by atoms with E-state index in [-0.39, 0.29) is 5.78 Å². The molecule has 3 nitrogen and oxygen atoms in total. The van der Waals surface area contributed by atoms with Crippen LogP contribution in [0.3, 0.4) is 0 Å². The second kappa shape index (κ2) is 5.18. The predicted molar refractivity (Wildman–Crippen MR) is 96.1 cm³/mol. The molecule has 4 rings (SSSR count). The Hall–Kier alpha value is -2.72. The number of ketones is 1. The maximum atomic E-state index is 12.7. The third-order valence-electron chi connectivity index (χ3n) is 3.91. The molecule has 23 heavy (non-hydrogen) atoms. The van der Waals surface area contributed by atoms with E-state index in [0.717, 1.165) is 26.7 Å². The first kappa shape index (κ1) is 13.9. The first-order valence-corrected chi connectivity index (χ1v) is 8.14. The molecule has 4 heteroatoms. The number of thiophene rings is 1. The molecular weight excluding hydrogens is 304 g/mol. The van der Waals surface area contributed by atoms with Gasteiger partial charge >= 0.3 is 0 Å². The number of hydrogen-bond acceptors (Lipinski definition) is 4. The molecule has 0 radical (unpaired) electrons. The Morgan fingerprint density at radius 2 is 1.87 bits per heavy atom. The lowest BCUT2D eigenvalue weighted by Gasteiger charge is -2.00. The molecule has 2 aromatic carbocycles.